The highest BCUT2D eigenvalue weighted by Gasteiger charge is 2.16. The van der Waals surface area contributed by atoms with E-state index < -0.39 is 30.7 Å². The van der Waals surface area contributed by atoms with Crippen molar-refractivity contribution in [3.8, 4) is 0 Å². The molecule has 0 aliphatic carbocycles. The van der Waals surface area contributed by atoms with Gasteiger partial charge in [0.25, 0.3) is 0 Å². The van der Waals surface area contributed by atoms with E-state index in [0.29, 0.717) is 19.5 Å². The SMILES string of the molecule is CCCCNC(=O)OCC(O)COC(CCC)OCC(O)COC(=O)NCCCC. The third-order valence-corrected chi connectivity index (χ3v) is 3.89. The van der Waals surface area contributed by atoms with Gasteiger partial charge in [-0.05, 0) is 19.3 Å². The summed E-state index contributed by atoms with van der Waals surface area (Å²) in [6.45, 7) is 6.47. The molecule has 2 amide bonds. The van der Waals surface area contributed by atoms with Gasteiger partial charge in [0.2, 0.25) is 0 Å². The first-order valence-corrected chi connectivity index (χ1v) is 10.8. The van der Waals surface area contributed by atoms with E-state index in [0.717, 1.165) is 32.1 Å². The Morgan fingerprint density at radius 1 is 0.733 bits per heavy atom. The number of aliphatic hydroxyl groups is 2. The first kappa shape index (κ1) is 28.4. The molecule has 0 aromatic carbocycles. The molecule has 4 N–H and O–H groups in total. The number of hydrogen-bond acceptors (Lipinski definition) is 8. The van der Waals surface area contributed by atoms with Gasteiger partial charge in [-0.1, -0.05) is 40.0 Å². The van der Waals surface area contributed by atoms with Gasteiger partial charge in [0.15, 0.2) is 6.29 Å². The summed E-state index contributed by atoms with van der Waals surface area (Å²) in [5, 5.41) is 25.0. The van der Waals surface area contributed by atoms with E-state index in [2.05, 4.69) is 10.6 Å². The summed E-state index contributed by atoms with van der Waals surface area (Å²) in [6.07, 6.45) is 1.17. The van der Waals surface area contributed by atoms with Gasteiger partial charge in [0.1, 0.15) is 25.4 Å². The Morgan fingerprint density at radius 2 is 1.17 bits per heavy atom. The second-order valence-electron chi connectivity index (χ2n) is 6.95. The second kappa shape index (κ2) is 19.3. The van der Waals surface area contributed by atoms with Crippen LogP contribution in [0.3, 0.4) is 0 Å². The van der Waals surface area contributed by atoms with Crippen LogP contribution in [0.4, 0.5) is 9.59 Å². The molecule has 0 radical (unpaired) electrons. The Hall–Kier alpha value is -1.62. The molecule has 0 bridgehead atoms. The predicted molar refractivity (Wildman–Crippen MR) is 111 cm³/mol. The largest absolute Gasteiger partial charge is 0.447 e. The fourth-order valence-electron chi connectivity index (χ4n) is 2.16. The fourth-order valence-corrected chi connectivity index (χ4v) is 2.16. The third-order valence-electron chi connectivity index (χ3n) is 3.89. The van der Waals surface area contributed by atoms with Crippen molar-refractivity contribution in [1.82, 2.24) is 10.6 Å². The first-order valence-electron chi connectivity index (χ1n) is 10.8. The summed E-state index contributed by atoms with van der Waals surface area (Å²) >= 11 is 0. The highest BCUT2D eigenvalue weighted by atomic mass is 16.7. The lowest BCUT2D eigenvalue weighted by atomic mass is 10.3. The number of carbonyl (C=O) groups excluding carboxylic acids is 2. The van der Waals surface area contributed by atoms with Gasteiger partial charge in [-0.3, -0.25) is 0 Å². The molecule has 10 nitrogen and oxygen atoms in total. The summed E-state index contributed by atoms with van der Waals surface area (Å²) < 4.78 is 20.8. The third kappa shape index (κ3) is 17.3. The molecule has 0 saturated heterocycles. The van der Waals surface area contributed by atoms with Crippen LogP contribution in [0.1, 0.15) is 59.3 Å². The zero-order valence-corrected chi connectivity index (χ0v) is 18.6. The molecule has 2 atom stereocenters. The maximum Gasteiger partial charge on any atom is 0.407 e. The van der Waals surface area contributed by atoms with Crippen LogP contribution in [0.15, 0.2) is 0 Å². The number of ether oxygens (including phenoxy) is 4. The van der Waals surface area contributed by atoms with Crippen LogP contribution in [0.25, 0.3) is 0 Å². The van der Waals surface area contributed by atoms with E-state index in [1.165, 1.54) is 0 Å². The van der Waals surface area contributed by atoms with Crippen molar-refractivity contribution in [2.24, 2.45) is 0 Å². The summed E-state index contributed by atoms with van der Waals surface area (Å²) in [7, 11) is 0. The molecule has 30 heavy (non-hydrogen) atoms. The van der Waals surface area contributed by atoms with Crippen LogP contribution < -0.4 is 10.6 Å². The molecule has 0 heterocycles. The first-order chi connectivity index (χ1) is 14.4. The minimum absolute atomic E-state index is 0.0840. The standard InChI is InChI=1S/C20H40N2O8/c1-4-7-10-21-19(25)29-14-16(23)12-27-18(9-6-3)28-13-17(24)15-30-20(26)22-11-8-5-2/h16-18,23-24H,4-15H2,1-3H3,(H,21,25)(H,22,26). The molecular weight excluding hydrogens is 396 g/mol. The summed E-state index contributed by atoms with van der Waals surface area (Å²) in [4.78, 5) is 22.9. The number of unbranched alkanes of at least 4 members (excludes halogenated alkanes) is 2. The molecule has 0 aromatic rings. The van der Waals surface area contributed by atoms with E-state index in [9.17, 15) is 19.8 Å². The summed E-state index contributed by atoms with van der Waals surface area (Å²) in [5.41, 5.74) is 0. The van der Waals surface area contributed by atoms with E-state index in [-0.39, 0.29) is 26.4 Å². The Labute approximate surface area is 179 Å². The Bertz CT molecular complexity index is 403. The molecule has 0 aliphatic heterocycles. The van der Waals surface area contributed by atoms with Gasteiger partial charge in [-0.25, -0.2) is 9.59 Å². The Kier molecular flexibility index (Phi) is 18.3. The number of carbonyl (C=O) groups is 2. The van der Waals surface area contributed by atoms with Crippen molar-refractivity contribution in [1.29, 1.82) is 0 Å². The number of alkyl carbamates (subject to hydrolysis) is 2. The van der Waals surface area contributed by atoms with E-state index in [1.807, 2.05) is 20.8 Å². The molecule has 0 spiro atoms. The van der Waals surface area contributed by atoms with E-state index in [1.54, 1.807) is 0 Å². The highest BCUT2D eigenvalue weighted by Crippen LogP contribution is 2.06. The number of rotatable bonds is 18. The van der Waals surface area contributed by atoms with E-state index >= 15 is 0 Å². The molecule has 0 aromatic heterocycles. The quantitative estimate of drug-likeness (QED) is 0.189. The highest BCUT2D eigenvalue weighted by molar-refractivity contribution is 5.67. The topological polar surface area (TPSA) is 136 Å². The van der Waals surface area contributed by atoms with Gasteiger partial charge in [0, 0.05) is 13.1 Å². The lowest BCUT2D eigenvalue weighted by Gasteiger charge is -2.21. The second-order valence-corrected chi connectivity index (χ2v) is 6.95. The maximum atomic E-state index is 11.4. The smallest absolute Gasteiger partial charge is 0.407 e. The molecule has 10 heteroatoms. The van der Waals surface area contributed by atoms with Crippen LogP contribution in [-0.2, 0) is 18.9 Å². The number of aliphatic hydroxyl groups excluding tert-OH is 2. The zero-order valence-electron chi connectivity index (χ0n) is 18.6. The van der Waals surface area contributed by atoms with Gasteiger partial charge < -0.3 is 39.8 Å². The van der Waals surface area contributed by atoms with Crippen LogP contribution in [0.5, 0.6) is 0 Å². The van der Waals surface area contributed by atoms with Gasteiger partial charge in [-0.2, -0.15) is 0 Å². The van der Waals surface area contributed by atoms with Gasteiger partial charge >= 0.3 is 12.2 Å². The summed E-state index contributed by atoms with van der Waals surface area (Å²) in [5.74, 6) is 0. The van der Waals surface area contributed by atoms with Gasteiger partial charge in [0.05, 0.1) is 13.2 Å². The van der Waals surface area contributed by atoms with Crippen LogP contribution >= 0.6 is 0 Å². The molecular formula is C20H40N2O8. The number of hydrogen-bond donors (Lipinski definition) is 4. The van der Waals surface area contributed by atoms with E-state index in [4.69, 9.17) is 18.9 Å². The molecule has 0 rings (SSSR count). The molecule has 178 valence electrons. The Balaban J connectivity index is 4.02. The monoisotopic (exact) mass is 436 g/mol. The summed E-state index contributed by atoms with van der Waals surface area (Å²) in [6, 6.07) is 0. The Morgan fingerprint density at radius 3 is 1.53 bits per heavy atom. The number of nitrogens with one attached hydrogen (secondary N) is 2. The molecule has 0 fully saturated rings. The van der Waals surface area contributed by atoms with Crippen molar-refractivity contribution in [3.63, 3.8) is 0 Å². The average Bonchev–Trinajstić information content (AvgIpc) is 2.73. The number of amides is 2. The minimum atomic E-state index is -0.995. The van der Waals surface area contributed by atoms with Crippen molar-refractivity contribution in [3.05, 3.63) is 0 Å². The molecule has 2 unspecified atom stereocenters. The molecule has 0 aliphatic rings. The van der Waals surface area contributed by atoms with Gasteiger partial charge in [-0.15, -0.1) is 0 Å². The lowest BCUT2D eigenvalue weighted by molar-refractivity contribution is -0.177. The van der Waals surface area contributed by atoms with Crippen molar-refractivity contribution in [2.75, 3.05) is 39.5 Å². The molecule has 0 saturated carbocycles. The fraction of sp³-hybridized carbons (Fsp3) is 0.900. The maximum absolute atomic E-state index is 11.4. The zero-order chi connectivity index (χ0) is 22.6. The predicted octanol–water partition coefficient (Wildman–Crippen LogP) is 1.92. The van der Waals surface area contributed by atoms with Crippen LogP contribution in [0, 0.1) is 0 Å². The minimum Gasteiger partial charge on any atom is -0.447 e. The average molecular weight is 437 g/mol. The normalized spacial score (nSPS) is 13.9. The van der Waals surface area contributed by atoms with Crippen LogP contribution in [0.2, 0.25) is 0 Å². The van der Waals surface area contributed by atoms with Crippen molar-refractivity contribution in [2.45, 2.75) is 77.8 Å². The van der Waals surface area contributed by atoms with Crippen LogP contribution in [-0.4, -0.2) is 80.4 Å². The lowest BCUT2D eigenvalue weighted by Crippen LogP contribution is -2.34. The van der Waals surface area contributed by atoms with Crippen molar-refractivity contribution >= 4 is 12.2 Å². The van der Waals surface area contributed by atoms with Crippen molar-refractivity contribution < 1.29 is 38.7 Å².